The summed E-state index contributed by atoms with van der Waals surface area (Å²) in [5, 5.41) is 5.87. The molecule has 1 heterocycles. The number of ether oxygens (including phenoxy) is 1. The Morgan fingerprint density at radius 2 is 2.05 bits per heavy atom. The summed E-state index contributed by atoms with van der Waals surface area (Å²) in [5.74, 6) is 0.250. The molecule has 0 saturated carbocycles. The highest BCUT2D eigenvalue weighted by molar-refractivity contribution is 5.76. The van der Waals surface area contributed by atoms with Gasteiger partial charge in [-0.15, -0.1) is 0 Å². The molecule has 1 aliphatic heterocycles. The summed E-state index contributed by atoms with van der Waals surface area (Å²) < 4.78 is 40.1. The van der Waals surface area contributed by atoms with E-state index in [9.17, 15) is 18.0 Å². The van der Waals surface area contributed by atoms with Crippen LogP contribution in [0.1, 0.15) is 26.2 Å². The highest BCUT2D eigenvalue weighted by Crippen LogP contribution is 2.16. The molecule has 0 aromatic carbocycles. The van der Waals surface area contributed by atoms with E-state index in [1.54, 1.807) is 6.92 Å². The van der Waals surface area contributed by atoms with Gasteiger partial charge in [0, 0.05) is 12.5 Å². The maximum absolute atomic E-state index is 11.9. The van der Waals surface area contributed by atoms with Crippen molar-refractivity contribution in [2.24, 2.45) is 5.92 Å². The van der Waals surface area contributed by atoms with Gasteiger partial charge in [-0.25, -0.2) is 0 Å². The first-order valence-corrected chi connectivity index (χ1v) is 6.51. The summed E-state index contributed by atoms with van der Waals surface area (Å²) in [6, 6.07) is -0.406. The molecule has 0 radical (unpaired) electrons. The van der Waals surface area contributed by atoms with Crippen molar-refractivity contribution < 1.29 is 22.7 Å². The Hall–Kier alpha value is -0.820. The van der Waals surface area contributed by atoms with Crippen LogP contribution in [-0.2, 0) is 9.53 Å². The largest absolute Gasteiger partial charge is 0.411 e. The van der Waals surface area contributed by atoms with E-state index in [-0.39, 0.29) is 12.5 Å². The molecule has 0 aromatic heterocycles. The SMILES string of the molecule is CC(COCC(F)(F)F)NC(=O)CC1CCNCC1. The summed E-state index contributed by atoms with van der Waals surface area (Å²) in [4.78, 5) is 11.7. The van der Waals surface area contributed by atoms with Crippen LogP contribution >= 0.6 is 0 Å². The lowest BCUT2D eigenvalue weighted by Crippen LogP contribution is -2.39. The van der Waals surface area contributed by atoms with E-state index in [2.05, 4.69) is 15.4 Å². The predicted molar refractivity (Wildman–Crippen MR) is 64.7 cm³/mol. The van der Waals surface area contributed by atoms with Crippen LogP contribution < -0.4 is 10.6 Å². The average Bonchev–Trinajstić information content (AvgIpc) is 2.28. The lowest BCUT2D eigenvalue weighted by Gasteiger charge is -2.23. The molecular formula is C12H21F3N2O2. The molecular weight excluding hydrogens is 261 g/mol. The van der Waals surface area contributed by atoms with Gasteiger partial charge < -0.3 is 15.4 Å². The molecule has 0 aromatic rings. The number of piperidine rings is 1. The third-order valence-electron chi connectivity index (χ3n) is 2.97. The first kappa shape index (κ1) is 16.2. The number of carbonyl (C=O) groups is 1. The van der Waals surface area contributed by atoms with Crippen molar-refractivity contribution in [1.29, 1.82) is 0 Å². The maximum atomic E-state index is 11.9. The maximum Gasteiger partial charge on any atom is 0.411 e. The minimum atomic E-state index is -4.32. The molecule has 1 amide bonds. The summed E-state index contributed by atoms with van der Waals surface area (Å²) in [7, 11) is 0. The Kier molecular flexibility index (Phi) is 6.57. The molecule has 112 valence electrons. The summed E-state index contributed by atoms with van der Waals surface area (Å²) in [6.45, 7) is 2.07. The predicted octanol–water partition coefficient (Wildman–Crippen LogP) is 1.46. The summed E-state index contributed by atoms with van der Waals surface area (Å²) in [5.41, 5.74) is 0. The first-order chi connectivity index (χ1) is 8.87. The molecule has 1 atom stereocenters. The highest BCUT2D eigenvalue weighted by Gasteiger charge is 2.27. The van der Waals surface area contributed by atoms with E-state index in [4.69, 9.17) is 0 Å². The Morgan fingerprint density at radius 3 is 2.63 bits per heavy atom. The molecule has 1 rings (SSSR count). The smallest absolute Gasteiger partial charge is 0.370 e. The third-order valence-corrected chi connectivity index (χ3v) is 2.97. The van der Waals surface area contributed by atoms with Crippen LogP contribution in [0.25, 0.3) is 0 Å². The standard InChI is InChI=1S/C12H21F3N2O2/c1-9(7-19-8-12(13,14)15)17-11(18)6-10-2-4-16-5-3-10/h9-10,16H,2-8H2,1H3,(H,17,18). The van der Waals surface area contributed by atoms with Gasteiger partial charge in [0.1, 0.15) is 6.61 Å². The molecule has 1 unspecified atom stereocenters. The van der Waals surface area contributed by atoms with Gasteiger partial charge in [-0.05, 0) is 38.8 Å². The third kappa shape index (κ3) is 8.05. The fourth-order valence-electron chi connectivity index (χ4n) is 2.07. The topological polar surface area (TPSA) is 50.4 Å². The second-order valence-electron chi connectivity index (χ2n) is 5.00. The molecule has 4 nitrogen and oxygen atoms in total. The molecule has 1 aliphatic rings. The van der Waals surface area contributed by atoms with Crippen LogP contribution in [0, 0.1) is 5.92 Å². The molecule has 19 heavy (non-hydrogen) atoms. The van der Waals surface area contributed by atoms with Crippen molar-refractivity contribution in [2.75, 3.05) is 26.3 Å². The Bertz CT molecular complexity index is 279. The van der Waals surface area contributed by atoms with Crippen molar-refractivity contribution in [3.05, 3.63) is 0 Å². The van der Waals surface area contributed by atoms with E-state index >= 15 is 0 Å². The number of alkyl halides is 3. The Balaban J connectivity index is 2.13. The van der Waals surface area contributed by atoms with Crippen molar-refractivity contribution in [3.63, 3.8) is 0 Å². The number of halogens is 3. The second-order valence-corrected chi connectivity index (χ2v) is 5.00. The monoisotopic (exact) mass is 282 g/mol. The van der Waals surface area contributed by atoms with Gasteiger partial charge >= 0.3 is 6.18 Å². The van der Waals surface area contributed by atoms with Crippen LogP contribution in [-0.4, -0.2) is 44.4 Å². The quantitative estimate of drug-likeness (QED) is 0.775. The minimum Gasteiger partial charge on any atom is -0.370 e. The van der Waals surface area contributed by atoms with E-state index in [0.717, 1.165) is 25.9 Å². The molecule has 0 aliphatic carbocycles. The fraction of sp³-hybridized carbons (Fsp3) is 0.917. The van der Waals surface area contributed by atoms with Gasteiger partial charge in [-0.3, -0.25) is 4.79 Å². The zero-order valence-corrected chi connectivity index (χ0v) is 11.1. The fourth-order valence-corrected chi connectivity index (χ4v) is 2.07. The van der Waals surface area contributed by atoms with Crippen LogP contribution in [0.4, 0.5) is 13.2 Å². The molecule has 1 fully saturated rings. The number of nitrogens with one attached hydrogen (secondary N) is 2. The number of hydrogen-bond acceptors (Lipinski definition) is 3. The first-order valence-electron chi connectivity index (χ1n) is 6.51. The number of hydrogen-bond donors (Lipinski definition) is 2. The number of carbonyl (C=O) groups excluding carboxylic acids is 1. The minimum absolute atomic E-state index is 0.116. The van der Waals surface area contributed by atoms with E-state index in [0.29, 0.717) is 12.3 Å². The van der Waals surface area contributed by atoms with Gasteiger partial charge in [-0.2, -0.15) is 13.2 Å². The normalized spacial score (nSPS) is 19.2. The van der Waals surface area contributed by atoms with E-state index < -0.39 is 18.8 Å². The van der Waals surface area contributed by atoms with Crippen molar-refractivity contribution in [3.8, 4) is 0 Å². The molecule has 0 spiro atoms. The van der Waals surface area contributed by atoms with Gasteiger partial charge in [0.2, 0.25) is 5.91 Å². The lowest BCUT2D eigenvalue weighted by atomic mass is 9.94. The van der Waals surface area contributed by atoms with Gasteiger partial charge in [0.25, 0.3) is 0 Å². The number of amides is 1. The van der Waals surface area contributed by atoms with Gasteiger partial charge in [0.05, 0.1) is 6.61 Å². The van der Waals surface area contributed by atoms with Crippen molar-refractivity contribution in [2.45, 2.75) is 38.4 Å². The summed E-state index contributed by atoms with van der Waals surface area (Å²) >= 11 is 0. The van der Waals surface area contributed by atoms with Crippen molar-refractivity contribution >= 4 is 5.91 Å². The highest BCUT2D eigenvalue weighted by atomic mass is 19.4. The van der Waals surface area contributed by atoms with Crippen LogP contribution in [0.3, 0.4) is 0 Å². The van der Waals surface area contributed by atoms with Crippen molar-refractivity contribution in [1.82, 2.24) is 10.6 Å². The summed E-state index contributed by atoms with van der Waals surface area (Å²) in [6.07, 6.45) is -1.96. The second kappa shape index (κ2) is 7.69. The van der Waals surface area contributed by atoms with Gasteiger partial charge in [-0.1, -0.05) is 0 Å². The molecule has 7 heteroatoms. The zero-order valence-electron chi connectivity index (χ0n) is 11.1. The lowest BCUT2D eigenvalue weighted by molar-refractivity contribution is -0.175. The van der Waals surface area contributed by atoms with E-state index in [1.807, 2.05) is 0 Å². The molecule has 1 saturated heterocycles. The number of rotatable bonds is 6. The zero-order chi connectivity index (χ0) is 14.3. The van der Waals surface area contributed by atoms with Crippen LogP contribution in [0.2, 0.25) is 0 Å². The van der Waals surface area contributed by atoms with Crippen LogP contribution in [0.5, 0.6) is 0 Å². The van der Waals surface area contributed by atoms with Gasteiger partial charge in [0.15, 0.2) is 0 Å². The molecule has 0 bridgehead atoms. The Morgan fingerprint density at radius 1 is 1.42 bits per heavy atom. The average molecular weight is 282 g/mol. The van der Waals surface area contributed by atoms with Crippen LogP contribution in [0.15, 0.2) is 0 Å². The van der Waals surface area contributed by atoms with E-state index in [1.165, 1.54) is 0 Å². The molecule has 2 N–H and O–H groups in total. The Labute approximate surface area is 111 Å².